The molecular weight excluding hydrogens is 281 g/mol. The molecule has 0 saturated carbocycles. The zero-order chi connectivity index (χ0) is 12.3. The minimum absolute atomic E-state index is 0.181. The van der Waals surface area contributed by atoms with Gasteiger partial charge in [-0.05, 0) is 35.7 Å². The van der Waals surface area contributed by atoms with E-state index in [1.54, 1.807) is 12.1 Å². The second-order valence-corrected chi connectivity index (χ2v) is 4.87. The highest BCUT2D eigenvalue weighted by atomic mass is 79.9. The van der Waals surface area contributed by atoms with Gasteiger partial charge in [-0.3, -0.25) is 0 Å². The summed E-state index contributed by atoms with van der Waals surface area (Å²) in [6.07, 6.45) is 0.495. The highest BCUT2D eigenvalue weighted by Crippen LogP contribution is 2.21. The summed E-state index contributed by atoms with van der Waals surface area (Å²) in [5.74, 6) is -0.209. The second kappa shape index (κ2) is 5.43. The first-order valence-corrected chi connectivity index (χ1v) is 6.20. The molecule has 0 aliphatic carbocycles. The van der Waals surface area contributed by atoms with Crippen molar-refractivity contribution >= 4 is 15.9 Å². The Morgan fingerprint density at radius 3 is 2.53 bits per heavy atom. The summed E-state index contributed by atoms with van der Waals surface area (Å²) in [7, 11) is 0. The molecule has 0 aliphatic heterocycles. The lowest BCUT2D eigenvalue weighted by molar-refractivity contribution is 0.593. The van der Waals surface area contributed by atoms with Gasteiger partial charge >= 0.3 is 0 Å². The smallest absolute Gasteiger partial charge is 0.126 e. The standard InChI is InChI=1S/C14H13BrFN/c15-12-6-7-13(16)11(8-12)9-14(17)10-4-2-1-3-5-10/h1-8,14H,9,17H2. The van der Waals surface area contributed by atoms with Gasteiger partial charge in [0.1, 0.15) is 5.82 Å². The topological polar surface area (TPSA) is 26.0 Å². The molecule has 2 aromatic carbocycles. The fraction of sp³-hybridized carbons (Fsp3) is 0.143. The van der Waals surface area contributed by atoms with Gasteiger partial charge in [0.15, 0.2) is 0 Å². The summed E-state index contributed by atoms with van der Waals surface area (Å²) in [5.41, 5.74) is 7.72. The van der Waals surface area contributed by atoms with E-state index in [9.17, 15) is 4.39 Å². The quantitative estimate of drug-likeness (QED) is 0.914. The van der Waals surface area contributed by atoms with Crippen LogP contribution in [0.2, 0.25) is 0 Å². The highest BCUT2D eigenvalue weighted by molar-refractivity contribution is 9.10. The van der Waals surface area contributed by atoms with E-state index in [1.165, 1.54) is 6.07 Å². The first-order valence-electron chi connectivity index (χ1n) is 5.41. The molecule has 0 amide bonds. The summed E-state index contributed by atoms with van der Waals surface area (Å²) >= 11 is 3.33. The molecule has 0 aromatic heterocycles. The van der Waals surface area contributed by atoms with E-state index >= 15 is 0 Å². The first-order chi connectivity index (χ1) is 8.16. The van der Waals surface area contributed by atoms with Gasteiger partial charge in [-0.15, -0.1) is 0 Å². The normalized spacial score (nSPS) is 12.4. The fourth-order valence-electron chi connectivity index (χ4n) is 1.75. The zero-order valence-electron chi connectivity index (χ0n) is 9.24. The van der Waals surface area contributed by atoms with E-state index in [-0.39, 0.29) is 11.9 Å². The Kier molecular flexibility index (Phi) is 3.92. The lowest BCUT2D eigenvalue weighted by atomic mass is 9.99. The number of nitrogens with two attached hydrogens (primary N) is 1. The van der Waals surface area contributed by atoms with Crippen LogP contribution in [-0.4, -0.2) is 0 Å². The third-order valence-corrected chi connectivity index (χ3v) is 3.17. The minimum atomic E-state index is -0.209. The van der Waals surface area contributed by atoms with Gasteiger partial charge in [-0.25, -0.2) is 4.39 Å². The van der Waals surface area contributed by atoms with Gasteiger partial charge in [0.25, 0.3) is 0 Å². The van der Waals surface area contributed by atoms with Crippen LogP contribution < -0.4 is 5.73 Å². The summed E-state index contributed by atoms with van der Waals surface area (Å²) in [6, 6.07) is 14.5. The molecule has 1 unspecified atom stereocenters. The van der Waals surface area contributed by atoms with Crippen LogP contribution in [0.4, 0.5) is 4.39 Å². The monoisotopic (exact) mass is 293 g/mol. The van der Waals surface area contributed by atoms with Crippen molar-refractivity contribution in [3.8, 4) is 0 Å². The van der Waals surface area contributed by atoms with Gasteiger partial charge in [-0.1, -0.05) is 46.3 Å². The Balaban J connectivity index is 2.18. The maximum Gasteiger partial charge on any atom is 0.126 e. The number of hydrogen-bond acceptors (Lipinski definition) is 1. The first kappa shape index (κ1) is 12.3. The lowest BCUT2D eigenvalue weighted by Crippen LogP contribution is -2.14. The van der Waals surface area contributed by atoms with Gasteiger partial charge in [0, 0.05) is 10.5 Å². The van der Waals surface area contributed by atoms with Crippen molar-refractivity contribution in [1.82, 2.24) is 0 Å². The summed E-state index contributed by atoms with van der Waals surface area (Å²) < 4.78 is 14.4. The van der Waals surface area contributed by atoms with Gasteiger partial charge in [0.05, 0.1) is 0 Å². The fourth-order valence-corrected chi connectivity index (χ4v) is 2.16. The molecule has 2 aromatic rings. The van der Waals surface area contributed by atoms with Crippen molar-refractivity contribution in [1.29, 1.82) is 0 Å². The van der Waals surface area contributed by atoms with Crippen LogP contribution in [0.1, 0.15) is 17.2 Å². The number of halogens is 2. The van der Waals surface area contributed by atoms with Crippen LogP contribution in [0.3, 0.4) is 0 Å². The molecule has 2 N–H and O–H groups in total. The van der Waals surface area contributed by atoms with Crippen molar-refractivity contribution in [2.75, 3.05) is 0 Å². The van der Waals surface area contributed by atoms with E-state index in [2.05, 4.69) is 15.9 Å². The molecule has 0 bridgehead atoms. The molecule has 0 spiro atoms. The van der Waals surface area contributed by atoms with Crippen LogP contribution in [-0.2, 0) is 6.42 Å². The van der Waals surface area contributed by atoms with Gasteiger partial charge in [0.2, 0.25) is 0 Å². The largest absolute Gasteiger partial charge is 0.324 e. The molecule has 0 aliphatic rings. The predicted octanol–water partition coefficient (Wildman–Crippen LogP) is 3.83. The molecule has 1 atom stereocenters. The van der Waals surface area contributed by atoms with Crippen LogP contribution in [0.25, 0.3) is 0 Å². The van der Waals surface area contributed by atoms with E-state index < -0.39 is 0 Å². The molecule has 88 valence electrons. The number of rotatable bonds is 3. The predicted molar refractivity (Wildman–Crippen MR) is 71.2 cm³/mol. The maximum absolute atomic E-state index is 13.6. The Labute approximate surface area is 109 Å². The second-order valence-electron chi connectivity index (χ2n) is 3.96. The summed E-state index contributed by atoms with van der Waals surface area (Å²) in [5, 5.41) is 0. The highest BCUT2D eigenvalue weighted by Gasteiger charge is 2.10. The Bertz CT molecular complexity index is 499. The molecule has 0 radical (unpaired) electrons. The van der Waals surface area contributed by atoms with Crippen LogP contribution >= 0.6 is 15.9 Å². The SMILES string of the molecule is NC(Cc1cc(Br)ccc1F)c1ccccc1. The molecule has 17 heavy (non-hydrogen) atoms. The maximum atomic E-state index is 13.6. The zero-order valence-corrected chi connectivity index (χ0v) is 10.8. The van der Waals surface area contributed by atoms with Crippen LogP contribution in [0.15, 0.2) is 53.0 Å². The van der Waals surface area contributed by atoms with E-state index in [0.717, 1.165) is 10.0 Å². The summed E-state index contributed by atoms with van der Waals surface area (Å²) in [6.45, 7) is 0. The molecule has 0 fully saturated rings. The molecule has 3 heteroatoms. The molecule has 1 nitrogen and oxygen atoms in total. The van der Waals surface area contributed by atoms with Crippen LogP contribution in [0, 0.1) is 5.82 Å². The van der Waals surface area contributed by atoms with Crippen molar-refractivity contribution in [2.24, 2.45) is 5.73 Å². The van der Waals surface area contributed by atoms with Crippen molar-refractivity contribution in [3.05, 3.63) is 69.9 Å². The molecular formula is C14H13BrFN. The van der Waals surface area contributed by atoms with E-state index in [1.807, 2.05) is 30.3 Å². The Morgan fingerprint density at radius 2 is 1.82 bits per heavy atom. The third-order valence-electron chi connectivity index (χ3n) is 2.68. The average Bonchev–Trinajstić information content (AvgIpc) is 2.35. The van der Waals surface area contributed by atoms with Gasteiger partial charge < -0.3 is 5.73 Å². The van der Waals surface area contributed by atoms with E-state index in [4.69, 9.17) is 5.73 Å². The van der Waals surface area contributed by atoms with E-state index in [0.29, 0.717) is 12.0 Å². The third kappa shape index (κ3) is 3.14. The molecule has 0 heterocycles. The number of hydrogen-bond donors (Lipinski definition) is 1. The Morgan fingerprint density at radius 1 is 1.12 bits per heavy atom. The van der Waals surface area contributed by atoms with Crippen molar-refractivity contribution < 1.29 is 4.39 Å². The Hall–Kier alpha value is -1.19. The van der Waals surface area contributed by atoms with Gasteiger partial charge in [-0.2, -0.15) is 0 Å². The van der Waals surface area contributed by atoms with Crippen LogP contribution in [0.5, 0.6) is 0 Å². The number of benzene rings is 2. The minimum Gasteiger partial charge on any atom is -0.324 e. The molecule has 0 saturated heterocycles. The average molecular weight is 294 g/mol. The van der Waals surface area contributed by atoms with Crippen molar-refractivity contribution in [2.45, 2.75) is 12.5 Å². The summed E-state index contributed by atoms with van der Waals surface area (Å²) in [4.78, 5) is 0. The molecule has 2 rings (SSSR count). The van der Waals surface area contributed by atoms with Crippen molar-refractivity contribution in [3.63, 3.8) is 0 Å². The lowest BCUT2D eigenvalue weighted by Gasteiger charge is -2.12.